The predicted molar refractivity (Wildman–Crippen MR) is 208 cm³/mol. The van der Waals surface area contributed by atoms with Crippen LogP contribution in [-0.4, -0.2) is 69.8 Å². The zero-order chi connectivity index (χ0) is 39.4. The molecule has 1 aromatic heterocycles. The second-order valence-electron chi connectivity index (χ2n) is 18.2. The number of benzene rings is 1. The first-order valence-corrected chi connectivity index (χ1v) is 20.8. The number of ketones is 2. The normalized spacial score (nSPS) is 34.8. The third-order valence-corrected chi connectivity index (χ3v) is 15.6. The van der Waals surface area contributed by atoms with Crippen LogP contribution in [-0.2, 0) is 14.3 Å². The van der Waals surface area contributed by atoms with Gasteiger partial charge in [-0.3, -0.25) is 14.4 Å². The Bertz CT molecular complexity index is 2080. The lowest BCUT2D eigenvalue weighted by molar-refractivity contribution is -0.181. The lowest BCUT2D eigenvalue weighted by Gasteiger charge is -2.60. The van der Waals surface area contributed by atoms with Gasteiger partial charge in [0, 0.05) is 54.7 Å². The summed E-state index contributed by atoms with van der Waals surface area (Å²) in [6.45, 7) is 7.98. The summed E-state index contributed by atoms with van der Waals surface area (Å²) in [5.74, 6) is -1.75. The number of pyridine rings is 1. The van der Waals surface area contributed by atoms with Gasteiger partial charge < -0.3 is 30.2 Å². The molecule has 5 fully saturated rings. The molecular formula is C43H55ClFN3O7. The number of esters is 1. The molecule has 0 radical (unpaired) electrons. The van der Waals surface area contributed by atoms with E-state index in [9.17, 15) is 29.4 Å². The van der Waals surface area contributed by atoms with E-state index < -0.39 is 40.1 Å². The largest absolute Gasteiger partial charge is 0.461 e. The Kier molecular flexibility index (Phi) is 9.70. The maximum atomic E-state index is 16.3. The molecule has 8 atom stereocenters. The minimum atomic E-state index is -1.71. The molecular weight excluding hydrogens is 725 g/mol. The van der Waals surface area contributed by atoms with Gasteiger partial charge in [-0.05, 0) is 107 Å². The second kappa shape index (κ2) is 13.8. The second-order valence-corrected chi connectivity index (χ2v) is 18.6. The Hall–Kier alpha value is -3.12. The molecule has 2 aromatic rings. The minimum absolute atomic E-state index is 0.0154. The van der Waals surface area contributed by atoms with Gasteiger partial charge >= 0.3 is 5.97 Å². The van der Waals surface area contributed by atoms with Crippen molar-refractivity contribution in [2.45, 2.75) is 135 Å². The number of hydrogen-bond donors (Lipinski definition) is 3. The lowest BCUT2D eigenvalue weighted by atomic mass is 9.45. The van der Waals surface area contributed by atoms with Crippen molar-refractivity contribution in [3.63, 3.8) is 0 Å². The molecule has 4 N–H and O–H groups in total. The molecule has 0 amide bonds. The lowest BCUT2D eigenvalue weighted by Crippen LogP contribution is -2.61. The number of anilines is 1. The van der Waals surface area contributed by atoms with Crippen molar-refractivity contribution in [3.8, 4) is 0 Å². The Labute approximate surface area is 326 Å². The zero-order valence-electron chi connectivity index (χ0n) is 32.5. The number of nitrogens with two attached hydrogens (primary N) is 1. The van der Waals surface area contributed by atoms with Crippen molar-refractivity contribution >= 4 is 45.7 Å². The summed E-state index contributed by atoms with van der Waals surface area (Å²) in [7, 11) is 0. The third kappa shape index (κ3) is 5.87. The number of aromatic nitrogens is 1. The smallest absolute Gasteiger partial charge is 0.343 e. The van der Waals surface area contributed by atoms with Gasteiger partial charge in [0.25, 0.3) is 0 Å². The number of aryl methyl sites for hydroxylation is 1. The van der Waals surface area contributed by atoms with Crippen LogP contribution in [0.4, 0.5) is 10.1 Å². The molecule has 1 aromatic carbocycles. The summed E-state index contributed by atoms with van der Waals surface area (Å²) in [4.78, 5) is 56.2. The number of halogens is 2. The van der Waals surface area contributed by atoms with Crippen molar-refractivity contribution < 1.29 is 33.7 Å². The number of allylic oxidation sites excluding steroid dienone is 1. The van der Waals surface area contributed by atoms with Gasteiger partial charge in [0.2, 0.25) is 5.43 Å². The number of carbonyl (C=O) groups is 3. The number of Topliss-reactive ketones (excluding diaryl/α,β-unsaturated/α-hetero) is 1. The van der Waals surface area contributed by atoms with Gasteiger partial charge in [0.1, 0.15) is 11.2 Å². The highest BCUT2D eigenvalue weighted by Crippen LogP contribution is 2.67. The van der Waals surface area contributed by atoms with Gasteiger partial charge in [-0.1, -0.05) is 37.4 Å². The summed E-state index contributed by atoms with van der Waals surface area (Å²) in [6, 6.07) is -0.161. The average Bonchev–Trinajstić information content (AvgIpc) is 3.95. The molecule has 6 aliphatic rings. The number of ether oxygens (including phenoxy) is 1. The highest BCUT2D eigenvalue weighted by molar-refractivity contribution is 6.38. The van der Waals surface area contributed by atoms with E-state index in [1.807, 2.05) is 16.4 Å². The Balaban J connectivity index is 1.03. The number of aliphatic hydroxyl groups is 2. The maximum Gasteiger partial charge on any atom is 0.343 e. The fraction of sp³-hybridized carbons (Fsp3) is 0.674. The minimum Gasteiger partial charge on any atom is -0.461 e. The van der Waals surface area contributed by atoms with Crippen molar-refractivity contribution in [3.05, 3.63) is 49.5 Å². The van der Waals surface area contributed by atoms with Crippen molar-refractivity contribution in [1.82, 2.24) is 4.57 Å². The van der Waals surface area contributed by atoms with E-state index in [4.69, 9.17) is 22.1 Å². The van der Waals surface area contributed by atoms with E-state index in [0.717, 1.165) is 50.5 Å². The molecule has 1 unspecified atom stereocenters. The molecule has 1 saturated heterocycles. The van der Waals surface area contributed by atoms with E-state index in [-0.39, 0.29) is 94.1 Å². The molecule has 1 aliphatic heterocycles. The Morgan fingerprint density at radius 2 is 1.82 bits per heavy atom. The third-order valence-electron chi connectivity index (χ3n) is 15.2. The first-order chi connectivity index (χ1) is 26.0. The molecule has 4 saturated carbocycles. The molecule has 10 nitrogen and oxygen atoms in total. The van der Waals surface area contributed by atoms with Crippen LogP contribution in [0.15, 0.2) is 16.4 Å². The number of nitrogens with zero attached hydrogens (tertiary/aromatic N) is 2. The predicted octanol–water partition coefficient (Wildman–Crippen LogP) is 6.41. The number of aliphatic hydroxyl groups excluding tert-OH is 1. The summed E-state index contributed by atoms with van der Waals surface area (Å²) in [5.41, 5.74) is 4.81. The maximum absolute atomic E-state index is 16.3. The SMILES string of the molecule is Cc1c(F)c(N2CCCC[C@@H](N)C2)c(Cl)c2c1c(=O)c(C(=O)OCCC(=O)[C@@]1(O)CC[C@H]3[C@@H]4CCC5=CC(=O)CC[C@]5(C)C4[C@@H](O)C[C@@]31C)c(C)n2C1CC1. The van der Waals surface area contributed by atoms with Crippen LogP contribution in [0.1, 0.15) is 125 Å². The molecule has 2 heterocycles. The first-order valence-electron chi connectivity index (χ1n) is 20.4. The van der Waals surface area contributed by atoms with Crippen LogP contribution in [0.2, 0.25) is 5.02 Å². The van der Waals surface area contributed by atoms with Crippen LogP contribution in [0.3, 0.4) is 0 Å². The first kappa shape index (κ1) is 38.7. The Morgan fingerprint density at radius 3 is 2.55 bits per heavy atom. The highest BCUT2D eigenvalue weighted by Gasteiger charge is 2.68. The molecule has 0 bridgehead atoms. The van der Waals surface area contributed by atoms with Crippen LogP contribution < -0.4 is 16.1 Å². The van der Waals surface area contributed by atoms with Crippen molar-refractivity contribution in [2.24, 2.45) is 34.3 Å². The summed E-state index contributed by atoms with van der Waals surface area (Å²) < 4.78 is 23.9. The number of fused-ring (bicyclic) bond motifs is 6. The number of hydrogen-bond acceptors (Lipinski definition) is 9. The summed E-state index contributed by atoms with van der Waals surface area (Å²) in [6.07, 6.45) is 8.89. The number of carbonyl (C=O) groups excluding carboxylic acids is 3. The van der Waals surface area contributed by atoms with Gasteiger partial charge in [0.15, 0.2) is 17.4 Å². The molecule has 5 aliphatic carbocycles. The molecule has 55 heavy (non-hydrogen) atoms. The summed E-state index contributed by atoms with van der Waals surface area (Å²) >= 11 is 7.06. The highest BCUT2D eigenvalue weighted by atomic mass is 35.5. The van der Waals surface area contributed by atoms with Crippen LogP contribution in [0, 0.1) is 48.2 Å². The van der Waals surface area contributed by atoms with Gasteiger partial charge in [-0.25, -0.2) is 9.18 Å². The fourth-order valence-corrected chi connectivity index (χ4v) is 12.6. The molecule has 12 heteroatoms. The van der Waals surface area contributed by atoms with Gasteiger partial charge in [-0.2, -0.15) is 0 Å². The molecule has 298 valence electrons. The van der Waals surface area contributed by atoms with Crippen LogP contribution >= 0.6 is 11.6 Å². The molecule has 0 spiro atoms. The standard InChI is InChI=1S/C43H55ClFN3O7/c1-22-32-37(35(44)38(36(22)45)47-17-6-5-7-25(46)21-47)48(26-9-10-26)23(2)33(39(32)52)40(53)55-18-14-31(51)43(54)16-13-29-28-11-8-24-19-27(49)12-15-41(24,3)34(28)30(50)20-42(29,43)4/h19,25-26,28-30,34,50,54H,5-18,20-21,46H2,1-4H3/t25-,28+,29+,30+,34?,41+,42+,43+/m1/s1. The van der Waals surface area contributed by atoms with E-state index in [1.54, 1.807) is 13.0 Å². The quantitative estimate of drug-likeness (QED) is 0.271. The van der Waals surface area contributed by atoms with E-state index in [1.165, 1.54) is 6.92 Å². The van der Waals surface area contributed by atoms with Crippen LogP contribution in [0.25, 0.3) is 10.9 Å². The van der Waals surface area contributed by atoms with Crippen molar-refractivity contribution in [2.75, 3.05) is 24.6 Å². The van der Waals surface area contributed by atoms with Crippen molar-refractivity contribution in [1.29, 1.82) is 0 Å². The van der Waals surface area contributed by atoms with Gasteiger partial charge in [-0.15, -0.1) is 0 Å². The number of rotatable bonds is 7. The van der Waals surface area contributed by atoms with Gasteiger partial charge in [0.05, 0.1) is 34.3 Å². The van der Waals surface area contributed by atoms with E-state index >= 15 is 4.39 Å². The monoisotopic (exact) mass is 779 g/mol. The summed E-state index contributed by atoms with van der Waals surface area (Å²) in [5, 5.41) is 24.1. The van der Waals surface area contributed by atoms with E-state index in [2.05, 4.69) is 6.92 Å². The molecule has 8 rings (SSSR count). The van der Waals surface area contributed by atoms with E-state index in [0.29, 0.717) is 43.6 Å². The zero-order valence-corrected chi connectivity index (χ0v) is 33.3. The topological polar surface area (TPSA) is 152 Å². The van der Waals surface area contributed by atoms with Crippen LogP contribution in [0.5, 0.6) is 0 Å². The fourth-order valence-electron chi connectivity index (χ4n) is 12.2. The Morgan fingerprint density at radius 1 is 1.07 bits per heavy atom. The average molecular weight is 780 g/mol.